The summed E-state index contributed by atoms with van der Waals surface area (Å²) in [5.74, 6) is 0.155. The molecule has 0 heterocycles. The van der Waals surface area contributed by atoms with E-state index in [9.17, 15) is 10.1 Å². The van der Waals surface area contributed by atoms with Gasteiger partial charge in [-0.1, -0.05) is 52.5 Å². The molecule has 0 aliphatic heterocycles. The summed E-state index contributed by atoms with van der Waals surface area (Å²) in [5.41, 5.74) is 1.48. The first-order chi connectivity index (χ1) is 16.6. The van der Waals surface area contributed by atoms with E-state index in [4.69, 9.17) is 55.9 Å². The summed E-state index contributed by atoms with van der Waals surface area (Å²) in [6.07, 6.45) is 1.42. The Morgan fingerprint density at radius 1 is 1.03 bits per heavy atom. The number of benzene rings is 3. The average Bonchev–Trinajstić information content (AvgIpc) is 2.83. The standard InChI is InChI=1S/C24H14Br2Cl4N2O3/c1-34-20-8-13(7-14(10-31)24(33)32-19-5-3-15(27)9-18(19)30)21(25)22(26)23(20)35-11-12-2-4-16(28)17(29)6-12/h2-9H,11H2,1H3,(H,32,33)/b14-7-. The van der Waals surface area contributed by atoms with Crippen LogP contribution in [-0.2, 0) is 11.4 Å². The molecule has 0 unspecified atom stereocenters. The van der Waals surface area contributed by atoms with E-state index in [-0.39, 0.29) is 17.2 Å². The van der Waals surface area contributed by atoms with E-state index >= 15 is 0 Å². The van der Waals surface area contributed by atoms with Crippen molar-refractivity contribution in [3.8, 4) is 17.6 Å². The Bertz CT molecular complexity index is 1370. The molecule has 0 aliphatic carbocycles. The predicted octanol–water partition coefficient (Wildman–Crippen LogP) is 8.96. The van der Waals surface area contributed by atoms with E-state index in [0.29, 0.717) is 46.8 Å². The van der Waals surface area contributed by atoms with Crippen LogP contribution in [0, 0.1) is 11.3 Å². The number of anilines is 1. The van der Waals surface area contributed by atoms with Gasteiger partial charge >= 0.3 is 0 Å². The molecule has 3 rings (SSSR count). The summed E-state index contributed by atoms with van der Waals surface area (Å²) >= 11 is 31.0. The number of amides is 1. The van der Waals surface area contributed by atoms with Crippen LogP contribution in [0.25, 0.3) is 6.08 Å². The number of carbonyl (C=O) groups excluding carboxylic acids is 1. The Morgan fingerprint density at radius 2 is 1.77 bits per heavy atom. The highest BCUT2D eigenvalue weighted by Crippen LogP contribution is 2.44. The van der Waals surface area contributed by atoms with Gasteiger partial charge < -0.3 is 14.8 Å². The van der Waals surface area contributed by atoms with Crippen molar-refractivity contribution in [2.45, 2.75) is 6.61 Å². The van der Waals surface area contributed by atoms with Gasteiger partial charge in [-0.3, -0.25) is 4.79 Å². The molecule has 0 aliphatic rings. The number of halogens is 6. The Labute approximate surface area is 238 Å². The number of hydrogen-bond acceptors (Lipinski definition) is 4. The molecule has 0 spiro atoms. The van der Waals surface area contributed by atoms with E-state index in [1.54, 1.807) is 36.4 Å². The number of nitrogens with zero attached hydrogens (tertiary/aromatic N) is 1. The first kappa shape index (κ1) is 27.7. The van der Waals surface area contributed by atoms with Crippen LogP contribution in [0.5, 0.6) is 11.5 Å². The maximum atomic E-state index is 12.7. The summed E-state index contributed by atoms with van der Waals surface area (Å²) in [6.45, 7) is 0.196. The molecule has 35 heavy (non-hydrogen) atoms. The van der Waals surface area contributed by atoms with Crippen LogP contribution in [0.3, 0.4) is 0 Å². The lowest BCUT2D eigenvalue weighted by molar-refractivity contribution is -0.112. The second-order valence-electron chi connectivity index (χ2n) is 6.91. The molecule has 180 valence electrons. The van der Waals surface area contributed by atoms with Gasteiger partial charge in [-0.2, -0.15) is 5.26 Å². The van der Waals surface area contributed by atoms with Gasteiger partial charge in [-0.15, -0.1) is 0 Å². The molecule has 0 saturated heterocycles. The fourth-order valence-corrected chi connectivity index (χ4v) is 4.59. The third kappa shape index (κ3) is 6.85. The van der Waals surface area contributed by atoms with Crippen molar-refractivity contribution in [3.05, 3.63) is 88.2 Å². The van der Waals surface area contributed by atoms with Gasteiger partial charge in [-0.25, -0.2) is 0 Å². The van der Waals surface area contributed by atoms with Crippen LogP contribution in [0.4, 0.5) is 5.69 Å². The highest BCUT2D eigenvalue weighted by atomic mass is 79.9. The lowest BCUT2D eigenvalue weighted by atomic mass is 10.1. The smallest absolute Gasteiger partial charge is 0.266 e. The molecule has 1 N–H and O–H groups in total. The zero-order chi connectivity index (χ0) is 25.7. The van der Waals surface area contributed by atoms with Crippen molar-refractivity contribution in [2.24, 2.45) is 0 Å². The van der Waals surface area contributed by atoms with E-state index in [2.05, 4.69) is 37.2 Å². The van der Waals surface area contributed by atoms with Crippen molar-refractivity contribution in [1.82, 2.24) is 0 Å². The number of nitriles is 1. The monoisotopic (exact) mass is 676 g/mol. The number of carbonyl (C=O) groups is 1. The summed E-state index contributed by atoms with van der Waals surface area (Å²) in [5, 5.41) is 13.7. The second-order valence-corrected chi connectivity index (χ2v) is 10.2. The summed E-state index contributed by atoms with van der Waals surface area (Å²) in [6, 6.07) is 13.4. The van der Waals surface area contributed by atoms with Gasteiger partial charge in [0.15, 0.2) is 11.5 Å². The van der Waals surface area contributed by atoms with E-state index in [0.717, 1.165) is 5.56 Å². The molecule has 0 bridgehead atoms. The number of methoxy groups -OCH3 is 1. The van der Waals surface area contributed by atoms with Gasteiger partial charge in [0.05, 0.1) is 32.3 Å². The molecule has 3 aromatic carbocycles. The van der Waals surface area contributed by atoms with Gasteiger partial charge in [0.25, 0.3) is 5.91 Å². The van der Waals surface area contributed by atoms with Crippen LogP contribution in [0.2, 0.25) is 20.1 Å². The van der Waals surface area contributed by atoms with E-state index < -0.39 is 5.91 Å². The summed E-state index contributed by atoms with van der Waals surface area (Å²) in [4.78, 5) is 12.7. The zero-order valence-electron chi connectivity index (χ0n) is 17.8. The second kappa shape index (κ2) is 12.4. The molecule has 1 amide bonds. The lowest BCUT2D eigenvalue weighted by Gasteiger charge is -2.16. The maximum absolute atomic E-state index is 12.7. The highest BCUT2D eigenvalue weighted by Gasteiger charge is 2.19. The first-order valence-electron chi connectivity index (χ1n) is 9.65. The normalized spacial score (nSPS) is 11.1. The van der Waals surface area contributed by atoms with E-state index in [1.165, 1.54) is 19.3 Å². The fraction of sp³-hybridized carbons (Fsp3) is 0.0833. The largest absolute Gasteiger partial charge is 0.493 e. The summed E-state index contributed by atoms with van der Waals surface area (Å²) in [7, 11) is 1.48. The Hall–Kier alpha value is -1.92. The van der Waals surface area contributed by atoms with Crippen molar-refractivity contribution in [2.75, 3.05) is 12.4 Å². The Kier molecular flexibility index (Phi) is 9.77. The average molecular weight is 680 g/mol. The molecule has 11 heteroatoms. The third-order valence-corrected chi connectivity index (χ3v) is 8.02. The van der Waals surface area contributed by atoms with Gasteiger partial charge in [0, 0.05) is 9.50 Å². The van der Waals surface area contributed by atoms with Crippen molar-refractivity contribution in [3.63, 3.8) is 0 Å². The van der Waals surface area contributed by atoms with Crippen LogP contribution < -0.4 is 14.8 Å². The minimum Gasteiger partial charge on any atom is -0.493 e. The van der Waals surface area contributed by atoms with Crippen molar-refractivity contribution < 1.29 is 14.3 Å². The molecule has 3 aromatic rings. The summed E-state index contributed by atoms with van der Waals surface area (Å²) < 4.78 is 12.5. The van der Waals surface area contributed by atoms with Crippen LogP contribution in [-0.4, -0.2) is 13.0 Å². The Morgan fingerprint density at radius 3 is 2.40 bits per heavy atom. The molecule has 0 fully saturated rings. The molecule has 0 aromatic heterocycles. The molecule has 0 saturated carbocycles. The molecular weight excluding hydrogens is 666 g/mol. The number of ether oxygens (including phenoxy) is 2. The Balaban J connectivity index is 1.89. The molecule has 0 atom stereocenters. The van der Waals surface area contributed by atoms with Crippen LogP contribution in [0.1, 0.15) is 11.1 Å². The zero-order valence-corrected chi connectivity index (χ0v) is 24.0. The number of rotatable bonds is 7. The van der Waals surface area contributed by atoms with Crippen molar-refractivity contribution >= 4 is 95.9 Å². The van der Waals surface area contributed by atoms with Crippen LogP contribution >= 0.6 is 78.3 Å². The topological polar surface area (TPSA) is 71.3 Å². The van der Waals surface area contributed by atoms with Gasteiger partial charge in [0.2, 0.25) is 0 Å². The SMILES string of the molecule is COc1cc(/C=C(/C#N)C(=O)Nc2ccc(Cl)cc2Cl)c(Br)c(Br)c1OCc1ccc(Cl)c(Cl)c1. The molecule has 0 radical (unpaired) electrons. The maximum Gasteiger partial charge on any atom is 0.266 e. The number of hydrogen-bond donors (Lipinski definition) is 1. The van der Waals surface area contributed by atoms with E-state index in [1.807, 2.05) is 6.07 Å². The quantitative estimate of drug-likeness (QED) is 0.200. The predicted molar refractivity (Wildman–Crippen MR) is 148 cm³/mol. The minimum absolute atomic E-state index is 0.157. The fourth-order valence-electron chi connectivity index (χ4n) is 2.87. The number of nitrogens with one attached hydrogen (secondary N) is 1. The molecule has 5 nitrogen and oxygen atoms in total. The van der Waals surface area contributed by atoms with Crippen molar-refractivity contribution in [1.29, 1.82) is 5.26 Å². The van der Waals surface area contributed by atoms with Gasteiger partial charge in [-0.05, 0) is 85.5 Å². The third-order valence-electron chi connectivity index (χ3n) is 4.59. The van der Waals surface area contributed by atoms with Crippen LogP contribution in [0.15, 0.2) is 57.0 Å². The lowest BCUT2D eigenvalue weighted by Crippen LogP contribution is -2.13. The first-order valence-corrected chi connectivity index (χ1v) is 12.7. The highest BCUT2D eigenvalue weighted by molar-refractivity contribution is 9.13. The van der Waals surface area contributed by atoms with Gasteiger partial charge in [0.1, 0.15) is 18.2 Å². The minimum atomic E-state index is -0.640. The molecular formula is C24H14Br2Cl4N2O3.